The summed E-state index contributed by atoms with van der Waals surface area (Å²) in [6, 6.07) is 7.73. The third-order valence-electron chi connectivity index (χ3n) is 4.24. The second kappa shape index (κ2) is 10.6. The van der Waals surface area contributed by atoms with Gasteiger partial charge in [0, 0.05) is 21.9 Å². The molecule has 2 rings (SSSR count). The van der Waals surface area contributed by atoms with E-state index in [0.29, 0.717) is 11.4 Å². The van der Waals surface area contributed by atoms with E-state index >= 15 is 0 Å². The van der Waals surface area contributed by atoms with E-state index in [1.807, 2.05) is 52.0 Å². The van der Waals surface area contributed by atoms with Crippen LogP contribution in [0, 0.1) is 27.7 Å². The minimum Gasteiger partial charge on any atom is -0.483 e. The molecule has 0 saturated carbocycles. The molecule has 0 saturated heterocycles. The van der Waals surface area contributed by atoms with Crippen molar-refractivity contribution in [3.63, 3.8) is 0 Å². The smallest absolute Gasteiger partial charge is 0.276 e. The van der Waals surface area contributed by atoms with E-state index in [1.54, 1.807) is 6.92 Å². The Bertz CT molecular complexity index is 980. The van der Waals surface area contributed by atoms with Crippen LogP contribution in [0.1, 0.15) is 29.2 Å². The van der Waals surface area contributed by atoms with Crippen LogP contribution in [0.2, 0.25) is 0 Å². The molecule has 0 aliphatic heterocycles. The van der Waals surface area contributed by atoms with Crippen LogP contribution in [-0.2, 0) is 9.59 Å². The zero-order valence-electron chi connectivity index (χ0n) is 17.6. The number of hydrogen-bond donors (Lipinski definition) is 3. The maximum atomic E-state index is 12.3. The molecule has 0 bridgehead atoms. The lowest BCUT2D eigenvalue weighted by molar-refractivity contribution is -0.124. The molecule has 2 aromatic rings. The first-order valence-electron chi connectivity index (χ1n) is 9.27. The number of carbonyl (C=O) groups is 2. The van der Waals surface area contributed by atoms with E-state index < -0.39 is 0 Å². The fraction of sp³-hybridized carbons (Fsp3) is 0.273. The zero-order valence-corrected chi connectivity index (χ0v) is 20.7. The van der Waals surface area contributed by atoms with Gasteiger partial charge in [-0.25, -0.2) is 0 Å². The van der Waals surface area contributed by atoms with Crippen LogP contribution in [0.4, 0.5) is 5.69 Å². The predicted octanol–water partition coefficient (Wildman–Crippen LogP) is 4.99. The molecule has 2 amide bonds. The van der Waals surface area contributed by atoms with Crippen molar-refractivity contribution in [3.05, 3.63) is 67.2 Å². The second-order valence-electron chi connectivity index (χ2n) is 7.08. The summed E-state index contributed by atoms with van der Waals surface area (Å²) in [5.74, 6) is -0.0861. The highest BCUT2D eigenvalue weighted by molar-refractivity contribution is 9.11. The minimum atomic E-state index is -0.374. The lowest BCUT2D eigenvalue weighted by atomic mass is 10.1. The van der Waals surface area contributed by atoms with Crippen LogP contribution in [-0.4, -0.2) is 18.4 Å². The van der Waals surface area contributed by atoms with Gasteiger partial charge in [0.2, 0.25) is 5.91 Å². The number of anilines is 1. The number of allylic oxidation sites excluding steroid dienone is 1. The molecule has 3 N–H and O–H groups in total. The normalized spacial score (nSPS) is 11.1. The summed E-state index contributed by atoms with van der Waals surface area (Å²) in [7, 11) is 0. The van der Waals surface area contributed by atoms with Crippen molar-refractivity contribution in [2.45, 2.75) is 34.6 Å². The Labute approximate surface area is 193 Å². The first-order chi connectivity index (χ1) is 14.1. The number of ether oxygens (including phenoxy) is 1. The van der Waals surface area contributed by atoms with Crippen LogP contribution in [0.5, 0.6) is 5.75 Å². The van der Waals surface area contributed by atoms with E-state index in [0.717, 1.165) is 36.9 Å². The molecule has 0 aromatic heterocycles. The van der Waals surface area contributed by atoms with Gasteiger partial charge in [0.15, 0.2) is 6.61 Å². The fourth-order valence-corrected chi connectivity index (χ4v) is 3.97. The van der Waals surface area contributed by atoms with Crippen molar-refractivity contribution < 1.29 is 14.3 Å². The SMILES string of the molecule is CC(=CC(=O)Nc1c(C)cc(C)cc1C)NNC(=O)COc1cc(C)c(Br)cc1Br. The van der Waals surface area contributed by atoms with Crippen molar-refractivity contribution in [1.29, 1.82) is 0 Å². The Morgan fingerprint density at radius 2 is 1.57 bits per heavy atom. The number of hydrazine groups is 1. The van der Waals surface area contributed by atoms with Crippen molar-refractivity contribution in [2.75, 3.05) is 11.9 Å². The van der Waals surface area contributed by atoms with E-state index in [9.17, 15) is 9.59 Å². The van der Waals surface area contributed by atoms with Gasteiger partial charge in [-0.2, -0.15) is 0 Å². The van der Waals surface area contributed by atoms with E-state index in [-0.39, 0.29) is 18.4 Å². The van der Waals surface area contributed by atoms with Gasteiger partial charge < -0.3 is 15.5 Å². The van der Waals surface area contributed by atoms with Crippen molar-refractivity contribution in [3.8, 4) is 5.75 Å². The summed E-state index contributed by atoms with van der Waals surface area (Å²) in [4.78, 5) is 24.3. The molecule has 0 aliphatic carbocycles. The van der Waals surface area contributed by atoms with Gasteiger partial charge in [-0.1, -0.05) is 33.6 Å². The first-order valence-corrected chi connectivity index (χ1v) is 10.9. The minimum absolute atomic E-state index is 0.173. The molecule has 8 heteroatoms. The van der Waals surface area contributed by atoms with Gasteiger partial charge in [-0.3, -0.25) is 15.0 Å². The monoisotopic (exact) mass is 537 g/mol. The third kappa shape index (κ3) is 6.88. The number of amides is 2. The summed E-state index contributed by atoms with van der Waals surface area (Å²) < 4.78 is 7.24. The Hall–Kier alpha value is -2.32. The molecular formula is C22H25Br2N3O3. The fourth-order valence-electron chi connectivity index (χ4n) is 2.86. The number of aryl methyl sites for hydroxylation is 4. The molecular weight excluding hydrogens is 514 g/mol. The highest BCUT2D eigenvalue weighted by atomic mass is 79.9. The summed E-state index contributed by atoms with van der Waals surface area (Å²) in [5, 5.41) is 2.89. The maximum absolute atomic E-state index is 12.3. The highest BCUT2D eigenvalue weighted by Gasteiger charge is 2.09. The molecule has 0 spiro atoms. The molecule has 160 valence electrons. The van der Waals surface area contributed by atoms with Gasteiger partial charge in [-0.05, 0) is 79.4 Å². The van der Waals surface area contributed by atoms with Crippen LogP contribution >= 0.6 is 31.9 Å². The number of rotatable bonds is 7. The summed E-state index contributed by atoms with van der Waals surface area (Å²) >= 11 is 6.84. The largest absolute Gasteiger partial charge is 0.483 e. The molecule has 0 heterocycles. The predicted molar refractivity (Wildman–Crippen MR) is 126 cm³/mol. The average Bonchev–Trinajstić information content (AvgIpc) is 2.64. The first kappa shape index (κ1) is 24.0. The van der Waals surface area contributed by atoms with Crippen LogP contribution in [0.15, 0.2) is 45.0 Å². The third-order valence-corrected chi connectivity index (χ3v) is 5.72. The van der Waals surface area contributed by atoms with Gasteiger partial charge in [0.05, 0.1) is 4.47 Å². The van der Waals surface area contributed by atoms with Gasteiger partial charge in [-0.15, -0.1) is 0 Å². The lowest BCUT2D eigenvalue weighted by Crippen LogP contribution is -2.39. The van der Waals surface area contributed by atoms with Gasteiger partial charge in [0.25, 0.3) is 5.91 Å². The number of benzene rings is 2. The van der Waals surface area contributed by atoms with Crippen molar-refractivity contribution in [1.82, 2.24) is 10.9 Å². The van der Waals surface area contributed by atoms with Crippen LogP contribution in [0.25, 0.3) is 0 Å². The molecule has 0 radical (unpaired) electrons. The second-order valence-corrected chi connectivity index (χ2v) is 8.79. The molecule has 2 aromatic carbocycles. The summed E-state index contributed by atoms with van der Waals surface area (Å²) in [6.45, 7) is 9.37. The lowest BCUT2D eigenvalue weighted by Gasteiger charge is -2.13. The van der Waals surface area contributed by atoms with Crippen LogP contribution < -0.4 is 20.9 Å². The number of hydrogen-bond acceptors (Lipinski definition) is 4. The van der Waals surface area contributed by atoms with E-state index in [4.69, 9.17) is 4.74 Å². The molecule has 6 nitrogen and oxygen atoms in total. The molecule has 30 heavy (non-hydrogen) atoms. The number of carbonyl (C=O) groups excluding carboxylic acids is 2. The standard InChI is InChI=1S/C22H25Br2N3O3/c1-12-6-14(3)22(15(4)7-12)25-20(28)9-16(5)26-27-21(29)11-30-19-8-13(2)17(23)10-18(19)24/h6-10,26H,11H2,1-5H3,(H,25,28)(H,27,29). The topological polar surface area (TPSA) is 79.5 Å². The summed E-state index contributed by atoms with van der Waals surface area (Å²) in [6.07, 6.45) is 1.38. The number of nitrogens with one attached hydrogen (secondary N) is 3. The Balaban J connectivity index is 1.86. The highest BCUT2D eigenvalue weighted by Crippen LogP contribution is 2.31. The molecule has 0 fully saturated rings. The Morgan fingerprint density at radius 3 is 2.20 bits per heavy atom. The quantitative estimate of drug-likeness (QED) is 0.343. The molecule has 0 aliphatic rings. The van der Waals surface area contributed by atoms with Gasteiger partial charge in [0.1, 0.15) is 5.75 Å². The van der Waals surface area contributed by atoms with Crippen LogP contribution in [0.3, 0.4) is 0 Å². The number of halogens is 2. The molecule has 0 atom stereocenters. The van der Waals surface area contributed by atoms with Gasteiger partial charge >= 0.3 is 0 Å². The molecule has 0 unspecified atom stereocenters. The summed E-state index contributed by atoms with van der Waals surface area (Å²) in [5.41, 5.74) is 10.6. The Morgan fingerprint density at radius 1 is 0.933 bits per heavy atom. The maximum Gasteiger partial charge on any atom is 0.276 e. The van der Waals surface area contributed by atoms with E-state index in [2.05, 4.69) is 48.0 Å². The Kier molecular flexibility index (Phi) is 8.49. The van der Waals surface area contributed by atoms with E-state index in [1.165, 1.54) is 6.08 Å². The van der Waals surface area contributed by atoms with Crippen molar-refractivity contribution in [2.24, 2.45) is 0 Å². The average molecular weight is 539 g/mol. The zero-order chi connectivity index (χ0) is 22.4. The van der Waals surface area contributed by atoms with Crippen molar-refractivity contribution >= 4 is 49.4 Å².